The average molecular weight is 310 g/mol. The van der Waals surface area contributed by atoms with Crippen molar-refractivity contribution in [2.45, 2.75) is 13.8 Å². The first-order valence-corrected chi connectivity index (χ1v) is 6.64. The number of nitrogens with two attached hydrogens (primary N) is 1. The van der Waals surface area contributed by atoms with Gasteiger partial charge in [0, 0.05) is 11.3 Å². The second-order valence-corrected chi connectivity index (χ2v) is 5.20. The molecule has 0 unspecified atom stereocenters. The number of benzene rings is 1. The summed E-state index contributed by atoms with van der Waals surface area (Å²) in [6, 6.07) is 6.79. The van der Waals surface area contributed by atoms with E-state index in [2.05, 4.69) is 10.3 Å². The number of hydrogen-bond acceptors (Lipinski definition) is 3. The summed E-state index contributed by atoms with van der Waals surface area (Å²) in [6.07, 6.45) is 0. The third-order valence-corrected chi connectivity index (χ3v) is 3.35. The van der Waals surface area contributed by atoms with Crippen molar-refractivity contribution in [3.8, 4) is 0 Å². The van der Waals surface area contributed by atoms with Crippen molar-refractivity contribution in [1.82, 2.24) is 4.98 Å². The van der Waals surface area contributed by atoms with Gasteiger partial charge in [-0.2, -0.15) is 0 Å². The molecule has 0 aliphatic rings. The monoisotopic (exact) mass is 309 g/mol. The molecule has 20 heavy (non-hydrogen) atoms. The molecule has 0 saturated heterocycles. The summed E-state index contributed by atoms with van der Waals surface area (Å²) in [5.41, 5.74) is 8.74. The summed E-state index contributed by atoms with van der Waals surface area (Å²) in [6.45, 7) is 3.63. The molecular weight excluding hydrogens is 297 g/mol. The fourth-order valence-corrected chi connectivity index (χ4v) is 2.39. The van der Waals surface area contributed by atoms with Crippen LogP contribution in [0.5, 0.6) is 0 Å². The Morgan fingerprint density at radius 3 is 2.55 bits per heavy atom. The van der Waals surface area contributed by atoms with Gasteiger partial charge in [0.15, 0.2) is 5.15 Å². The van der Waals surface area contributed by atoms with Crippen LogP contribution in [0.25, 0.3) is 0 Å². The molecule has 104 valence electrons. The number of nitrogens with one attached hydrogen (secondary N) is 1. The van der Waals surface area contributed by atoms with E-state index >= 15 is 0 Å². The minimum absolute atomic E-state index is 0.157. The van der Waals surface area contributed by atoms with Crippen LogP contribution in [-0.2, 0) is 0 Å². The standard InChI is InChI=1S/C14H13Cl2N3O/c1-7-3-4-9(17)6-10(7)14(20)19-12-8(2)5-11(15)18-13(12)16/h3-6H,17H2,1-2H3,(H,19,20). The van der Waals surface area contributed by atoms with Crippen molar-refractivity contribution >= 4 is 40.5 Å². The minimum atomic E-state index is -0.288. The third kappa shape index (κ3) is 3.03. The molecule has 1 heterocycles. The van der Waals surface area contributed by atoms with E-state index in [9.17, 15) is 4.79 Å². The molecule has 1 aromatic heterocycles. The average Bonchev–Trinajstić information content (AvgIpc) is 2.36. The van der Waals surface area contributed by atoms with Crippen LogP contribution in [0, 0.1) is 13.8 Å². The summed E-state index contributed by atoms with van der Waals surface area (Å²) in [5, 5.41) is 3.18. The van der Waals surface area contributed by atoms with Crippen molar-refractivity contribution in [3.63, 3.8) is 0 Å². The maximum atomic E-state index is 12.3. The van der Waals surface area contributed by atoms with Crippen LogP contribution in [-0.4, -0.2) is 10.9 Å². The Morgan fingerprint density at radius 1 is 1.20 bits per heavy atom. The molecule has 0 radical (unpaired) electrons. The number of hydrogen-bond donors (Lipinski definition) is 2. The lowest BCUT2D eigenvalue weighted by molar-refractivity contribution is 0.102. The lowest BCUT2D eigenvalue weighted by Gasteiger charge is -2.12. The van der Waals surface area contributed by atoms with E-state index in [-0.39, 0.29) is 16.2 Å². The second kappa shape index (κ2) is 5.69. The molecule has 6 heteroatoms. The Bertz CT molecular complexity index is 663. The zero-order chi connectivity index (χ0) is 14.9. The van der Waals surface area contributed by atoms with Gasteiger partial charge < -0.3 is 11.1 Å². The highest BCUT2D eigenvalue weighted by Gasteiger charge is 2.14. The summed E-state index contributed by atoms with van der Waals surface area (Å²) >= 11 is 11.8. The molecule has 3 N–H and O–H groups in total. The van der Waals surface area contributed by atoms with Crippen LogP contribution in [0.2, 0.25) is 10.3 Å². The van der Waals surface area contributed by atoms with E-state index in [0.717, 1.165) is 11.1 Å². The quantitative estimate of drug-likeness (QED) is 0.654. The normalized spacial score (nSPS) is 10.4. The number of carbonyl (C=O) groups excluding carboxylic acids is 1. The summed E-state index contributed by atoms with van der Waals surface area (Å²) in [4.78, 5) is 16.2. The van der Waals surface area contributed by atoms with E-state index in [1.807, 2.05) is 6.92 Å². The summed E-state index contributed by atoms with van der Waals surface area (Å²) in [7, 11) is 0. The molecule has 2 aromatic rings. The van der Waals surface area contributed by atoms with Gasteiger partial charge in [0.05, 0.1) is 5.69 Å². The van der Waals surface area contributed by atoms with Crippen LogP contribution >= 0.6 is 23.2 Å². The van der Waals surface area contributed by atoms with Crippen molar-refractivity contribution in [2.24, 2.45) is 0 Å². The number of aryl methyl sites for hydroxylation is 2. The first-order chi connectivity index (χ1) is 9.38. The van der Waals surface area contributed by atoms with Gasteiger partial charge in [-0.3, -0.25) is 4.79 Å². The lowest BCUT2D eigenvalue weighted by atomic mass is 10.1. The van der Waals surface area contributed by atoms with E-state index in [4.69, 9.17) is 28.9 Å². The van der Waals surface area contributed by atoms with Crippen LogP contribution < -0.4 is 11.1 Å². The van der Waals surface area contributed by atoms with E-state index in [1.54, 1.807) is 31.2 Å². The zero-order valence-corrected chi connectivity index (χ0v) is 12.5. The lowest BCUT2D eigenvalue weighted by Crippen LogP contribution is -2.15. The number of amides is 1. The molecule has 1 aromatic carbocycles. The maximum absolute atomic E-state index is 12.3. The van der Waals surface area contributed by atoms with Gasteiger partial charge in [0.2, 0.25) is 0 Å². The molecular formula is C14H13Cl2N3O. The highest BCUT2D eigenvalue weighted by molar-refractivity contribution is 6.35. The number of anilines is 2. The molecule has 0 fully saturated rings. The first kappa shape index (κ1) is 14.6. The van der Waals surface area contributed by atoms with Gasteiger partial charge in [0.1, 0.15) is 5.15 Å². The second-order valence-electron chi connectivity index (χ2n) is 4.46. The number of carbonyl (C=O) groups is 1. The number of pyridine rings is 1. The van der Waals surface area contributed by atoms with Gasteiger partial charge in [0.25, 0.3) is 5.91 Å². The predicted octanol–water partition coefficient (Wildman–Crippen LogP) is 3.84. The van der Waals surface area contributed by atoms with Crippen molar-refractivity contribution in [1.29, 1.82) is 0 Å². The molecule has 0 bridgehead atoms. The fraction of sp³-hybridized carbons (Fsp3) is 0.143. The summed E-state index contributed by atoms with van der Waals surface area (Å²) in [5.74, 6) is -0.288. The zero-order valence-electron chi connectivity index (χ0n) is 11.0. The SMILES string of the molecule is Cc1ccc(N)cc1C(=O)Nc1c(C)cc(Cl)nc1Cl. The van der Waals surface area contributed by atoms with E-state index in [1.165, 1.54) is 0 Å². The first-order valence-electron chi connectivity index (χ1n) is 5.88. The molecule has 0 aliphatic carbocycles. The van der Waals surface area contributed by atoms with Crippen LogP contribution in [0.4, 0.5) is 11.4 Å². The fourth-order valence-electron chi connectivity index (χ4n) is 1.81. The van der Waals surface area contributed by atoms with Crippen LogP contribution in [0.15, 0.2) is 24.3 Å². The largest absolute Gasteiger partial charge is 0.399 e. The smallest absolute Gasteiger partial charge is 0.256 e. The van der Waals surface area contributed by atoms with Gasteiger partial charge in [-0.15, -0.1) is 0 Å². The molecule has 1 amide bonds. The molecule has 2 rings (SSSR count). The maximum Gasteiger partial charge on any atom is 0.256 e. The number of halogens is 2. The van der Waals surface area contributed by atoms with E-state index < -0.39 is 0 Å². The van der Waals surface area contributed by atoms with Gasteiger partial charge in [-0.1, -0.05) is 29.3 Å². The van der Waals surface area contributed by atoms with Crippen molar-refractivity contribution in [3.05, 3.63) is 51.3 Å². The molecule has 0 atom stereocenters. The third-order valence-electron chi connectivity index (χ3n) is 2.89. The van der Waals surface area contributed by atoms with Crippen LogP contribution in [0.3, 0.4) is 0 Å². The van der Waals surface area contributed by atoms with Crippen LogP contribution in [0.1, 0.15) is 21.5 Å². The van der Waals surface area contributed by atoms with Gasteiger partial charge in [-0.25, -0.2) is 4.98 Å². The number of nitrogens with zero attached hydrogens (tertiary/aromatic N) is 1. The van der Waals surface area contributed by atoms with Gasteiger partial charge in [-0.05, 0) is 43.2 Å². The van der Waals surface area contributed by atoms with E-state index in [0.29, 0.717) is 16.9 Å². The number of rotatable bonds is 2. The topological polar surface area (TPSA) is 68.0 Å². The Labute approximate surface area is 126 Å². The van der Waals surface area contributed by atoms with Gasteiger partial charge >= 0.3 is 0 Å². The molecule has 0 aliphatic heterocycles. The Hall–Kier alpha value is -1.78. The molecule has 0 saturated carbocycles. The minimum Gasteiger partial charge on any atom is -0.399 e. The Morgan fingerprint density at radius 2 is 1.90 bits per heavy atom. The number of aromatic nitrogens is 1. The van der Waals surface area contributed by atoms with Crippen molar-refractivity contribution in [2.75, 3.05) is 11.1 Å². The highest BCUT2D eigenvalue weighted by atomic mass is 35.5. The van der Waals surface area contributed by atoms with Crippen molar-refractivity contribution < 1.29 is 4.79 Å². The highest BCUT2D eigenvalue weighted by Crippen LogP contribution is 2.27. The Balaban J connectivity index is 2.35. The molecule has 0 spiro atoms. The Kier molecular flexibility index (Phi) is 4.16. The summed E-state index contributed by atoms with van der Waals surface area (Å²) < 4.78 is 0. The molecule has 4 nitrogen and oxygen atoms in total. The predicted molar refractivity (Wildman–Crippen MR) is 82.5 cm³/mol. The number of nitrogen functional groups attached to an aromatic ring is 1.